The van der Waals surface area contributed by atoms with E-state index in [-0.39, 0.29) is 10.8 Å². The average molecular weight is 502 g/mol. The fraction of sp³-hybridized carbons (Fsp3) is 0.500. The van der Waals surface area contributed by atoms with Crippen LogP contribution in [0.3, 0.4) is 0 Å². The number of unbranched alkanes of at least 4 members (excludes halogenated alkanes) is 1. The van der Waals surface area contributed by atoms with Gasteiger partial charge in [-0.05, 0) is 68.1 Å². The number of rotatable bonds is 9. The van der Waals surface area contributed by atoms with Gasteiger partial charge in [0.05, 0.1) is 36.1 Å². The molecule has 2 aliphatic heterocycles. The van der Waals surface area contributed by atoms with Crippen molar-refractivity contribution in [3.63, 3.8) is 0 Å². The lowest BCUT2D eigenvalue weighted by Gasteiger charge is -2.31. The summed E-state index contributed by atoms with van der Waals surface area (Å²) >= 11 is 0. The summed E-state index contributed by atoms with van der Waals surface area (Å²) in [7, 11) is -3.68. The maximum Gasteiger partial charge on any atom is 0.255 e. The molecule has 2 aliphatic rings. The molecule has 0 unspecified atom stereocenters. The second-order valence-corrected chi connectivity index (χ2v) is 10.9. The molecule has 0 bridgehead atoms. The Labute approximate surface area is 208 Å². The predicted molar refractivity (Wildman–Crippen MR) is 137 cm³/mol. The molecule has 0 saturated carbocycles. The van der Waals surface area contributed by atoms with Crippen LogP contribution < -0.4 is 15.0 Å². The number of nitrogens with one attached hydrogen (secondary N) is 1. The number of anilines is 2. The Kier molecular flexibility index (Phi) is 8.64. The van der Waals surface area contributed by atoms with E-state index >= 15 is 0 Å². The number of carbonyl (C=O) groups excluding carboxylic acids is 1. The van der Waals surface area contributed by atoms with Crippen LogP contribution in [0.25, 0.3) is 0 Å². The van der Waals surface area contributed by atoms with Gasteiger partial charge in [-0.1, -0.05) is 13.3 Å². The summed E-state index contributed by atoms with van der Waals surface area (Å²) in [6.07, 6.45) is 5.35. The Bertz CT molecular complexity index is 1090. The van der Waals surface area contributed by atoms with Crippen LogP contribution in [0.1, 0.15) is 49.4 Å². The van der Waals surface area contributed by atoms with Crippen LogP contribution in [0.4, 0.5) is 11.4 Å². The van der Waals surface area contributed by atoms with E-state index < -0.39 is 10.0 Å². The van der Waals surface area contributed by atoms with Crippen LogP contribution in [-0.4, -0.2) is 64.6 Å². The number of hydrogen-bond donors (Lipinski definition) is 1. The zero-order valence-electron chi connectivity index (χ0n) is 20.4. The largest absolute Gasteiger partial charge is 0.494 e. The molecule has 2 saturated heterocycles. The van der Waals surface area contributed by atoms with Gasteiger partial charge in [0.2, 0.25) is 10.0 Å². The average Bonchev–Trinajstić information content (AvgIpc) is 2.90. The molecule has 0 spiro atoms. The molecule has 2 heterocycles. The van der Waals surface area contributed by atoms with Gasteiger partial charge < -0.3 is 19.7 Å². The van der Waals surface area contributed by atoms with Gasteiger partial charge >= 0.3 is 0 Å². The van der Waals surface area contributed by atoms with Crippen molar-refractivity contribution in [3.05, 3.63) is 48.0 Å². The van der Waals surface area contributed by atoms with E-state index in [0.717, 1.165) is 50.2 Å². The van der Waals surface area contributed by atoms with Crippen molar-refractivity contribution >= 4 is 27.3 Å². The maximum atomic E-state index is 13.3. The fourth-order valence-electron chi connectivity index (χ4n) is 4.35. The second-order valence-electron chi connectivity index (χ2n) is 8.92. The summed E-state index contributed by atoms with van der Waals surface area (Å²) < 4.78 is 39.0. The highest BCUT2D eigenvalue weighted by Gasteiger charge is 2.28. The van der Waals surface area contributed by atoms with Crippen molar-refractivity contribution in [1.29, 1.82) is 0 Å². The molecule has 0 aliphatic carbocycles. The van der Waals surface area contributed by atoms with E-state index in [1.54, 1.807) is 36.4 Å². The predicted octanol–water partition coefficient (Wildman–Crippen LogP) is 4.13. The lowest BCUT2D eigenvalue weighted by Crippen LogP contribution is -2.40. The lowest BCUT2D eigenvalue weighted by atomic mass is 10.1. The Hall–Kier alpha value is -2.62. The molecule has 1 N–H and O–H groups in total. The molecule has 2 fully saturated rings. The third-order valence-electron chi connectivity index (χ3n) is 6.40. The number of morpholine rings is 1. The summed E-state index contributed by atoms with van der Waals surface area (Å²) in [4.78, 5) is 15.5. The SMILES string of the molecule is CCCCOc1ccc(C(=O)Nc2cc(S(=O)(=O)N3CCOCC3)ccc2N2CCCCC2)cc1. The first kappa shape index (κ1) is 25.5. The van der Waals surface area contributed by atoms with E-state index in [0.29, 0.717) is 44.2 Å². The van der Waals surface area contributed by atoms with E-state index in [9.17, 15) is 13.2 Å². The third-order valence-corrected chi connectivity index (χ3v) is 8.30. The Morgan fingerprint density at radius 3 is 2.40 bits per heavy atom. The Balaban J connectivity index is 1.58. The number of amides is 1. The van der Waals surface area contributed by atoms with Crippen molar-refractivity contribution < 1.29 is 22.7 Å². The molecule has 1 amide bonds. The minimum Gasteiger partial charge on any atom is -0.494 e. The maximum absolute atomic E-state index is 13.3. The van der Waals surface area contributed by atoms with Gasteiger partial charge in [0.25, 0.3) is 5.91 Å². The first-order valence-electron chi connectivity index (χ1n) is 12.5. The van der Waals surface area contributed by atoms with E-state index in [1.165, 1.54) is 10.7 Å². The van der Waals surface area contributed by atoms with Crippen molar-refractivity contribution in [3.8, 4) is 5.75 Å². The highest BCUT2D eigenvalue weighted by atomic mass is 32.2. The van der Waals surface area contributed by atoms with Crippen LogP contribution in [0.5, 0.6) is 5.75 Å². The minimum atomic E-state index is -3.68. The molecule has 0 aromatic heterocycles. The van der Waals surface area contributed by atoms with Gasteiger partial charge in [0, 0.05) is 31.7 Å². The highest BCUT2D eigenvalue weighted by Crippen LogP contribution is 2.32. The number of piperidine rings is 1. The van der Waals surface area contributed by atoms with E-state index in [2.05, 4.69) is 17.1 Å². The van der Waals surface area contributed by atoms with Crippen LogP contribution >= 0.6 is 0 Å². The minimum absolute atomic E-state index is 0.176. The second kappa shape index (κ2) is 11.9. The van der Waals surface area contributed by atoms with E-state index in [1.807, 2.05) is 6.07 Å². The van der Waals surface area contributed by atoms with Gasteiger partial charge in [-0.15, -0.1) is 0 Å². The smallest absolute Gasteiger partial charge is 0.255 e. The van der Waals surface area contributed by atoms with Gasteiger partial charge in [-0.2, -0.15) is 4.31 Å². The molecule has 2 aromatic carbocycles. The van der Waals surface area contributed by atoms with Gasteiger partial charge in [-0.3, -0.25) is 4.79 Å². The molecule has 35 heavy (non-hydrogen) atoms. The molecule has 9 heteroatoms. The number of hydrogen-bond acceptors (Lipinski definition) is 6. The number of sulfonamides is 1. The zero-order valence-corrected chi connectivity index (χ0v) is 21.2. The molecule has 2 aromatic rings. The first-order chi connectivity index (χ1) is 17.0. The molecule has 8 nitrogen and oxygen atoms in total. The first-order valence-corrected chi connectivity index (χ1v) is 13.9. The molecule has 4 rings (SSSR count). The van der Waals surface area contributed by atoms with Gasteiger partial charge in [0.1, 0.15) is 5.75 Å². The number of benzene rings is 2. The van der Waals surface area contributed by atoms with Gasteiger partial charge in [0.15, 0.2) is 0 Å². The fourth-order valence-corrected chi connectivity index (χ4v) is 5.79. The van der Waals surface area contributed by atoms with Crippen LogP contribution in [0.15, 0.2) is 47.4 Å². The summed E-state index contributed by atoms with van der Waals surface area (Å²) in [5.74, 6) is 0.437. The number of carbonyl (C=O) groups is 1. The van der Waals surface area contributed by atoms with Crippen LogP contribution in [0, 0.1) is 0 Å². The van der Waals surface area contributed by atoms with Crippen molar-refractivity contribution in [2.24, 2.45) is 0 Å². The summed E-state index contributed by atoms with van der Waals surface area (Å²) in [6.45, 7) is 5.92. The Morgan fingerprint density at radius 2 is 1.71 bits per heavy atom. The standard InChI is InChI=1S/C26H35N3O5S/c1-2-3-17-34-22-9-7-21(8-10-22)26(30)27-24-20-23(35(31,32)29-15-18-33-19-16-29)11-12-25(24)28-13-5-4-6-14-28/h7-12,20H,2-6,13-19H2,1H3,(H,27,30). The van der Waals surface area contributed by atoms with Crippen molar-refractivity contribution in [1.82, 2.24) is 4.31 Å². The lowest BCUT2D eigenvalue weighted by molar-refractivity contribution is 0.0730. The number of ether oxygens (including phenoxy) is 2. The number of nitrogens with zero attached hydrogens (tertiary/aromatic N) is 2. The molecular weight excluding hydrogens is 466 g/mol. The summed E-state index contributed by atoms with van der Waals surface area (Å²) in [6, 6.07) is 12.1. The molecule has 0 radical (unpaired) electrons. The van der Waals surface area contributed by atoms with E-state index in [4.69, 9.17) is 9.47 Å². The summed E-state index contributed by atoms with van der Waals surface area (Å²) in [5, 5.41) is 2.98. The normalized spacial score (nSPS) is 17.2. The Morgan fingerprint density at radius 1 is 1.00 bits per heavy atom. The zero-order chi connectivity index (χ0) is 24.7. The summed E-state index contributed by atoms with van der Waals surface area (Å²) in [5.41, 5.74) is 1.84. The molecular formula is C26H35N3O5S. The highest BCUT2D eigenvalue weighted by molar-refractivity contribution is 7.89. The molecule has 190 valence electrons. The molecule has 0 atom stereocenters. The van der Waals surface area contributed by atoms with Crippen molar-refractivity contribution in [2.45, 2.75) is 43.9 Å². The van der Waals surface area contributed by atoms with Crippen LogP contribution in [-0.2, 0) is 14.8 Å². The monoisotopic (exact) mass is 501 g/mol. The van der Waals surface area contributed by atoms with Crippen molar-refractivity contribution in [2.75, 3.05) is 56.2 Å². The van der Waals surface area contributed by atoms with Gasteiger partial charge in [-0.25, -0.2) is 8.42 Å². The topological polar surface area (TPSA) is 88.2 Å². The quantitative estimate of drug-likeness (QED) is 0.520. The van der Waals surface area contributed by atoms with Crippen LogP contribution in [0.2, 0.25) is 0 Å². The third kappa shape index (κ3) is 6.34.